The first-order valence-electron chi connectivity index (χ1n) is 13.5. The van der Waals surface area contributed by atoms with Gasteiger partial charge in [0.05, 0.1) is 24.8 Å². The molecule has 0 aliphatic carbocycles. The van der Waals surface area contributed by atoms with Crippen molar-refractivity contribution in [2.45, 2.75) is 45.7 Å². The van der Waals surface area contributed by atoms with Gasteiger partial charge in [0.15, 0.2) is 0 Å². The molecule has 2 N–H and O–H groups in total. The summed E-state index contributed by atoms with van der Waals surface area (Å²) < 4.78 is 39.2. The molecule has 2 heterocycles. The van der Waals surface area contributed by atoms with Crippen molar-refractivity contribution in [1.82, 2.24) is 25.1 Å². The number of methoxy groups -OCH3 is 1. The highest BCUT2D eigenvalue weighted by atomic mass is 19.1. The van der Waals surface area contributed by atoms with Crippen LogP contribution in [0.4, 0.5) is 19.3 Å². The minimum Gasteiger partial charge on any atom is -0.453 e. The molecule has 4 rings (SSSR count). The monoisotopic (exact) mass is 608 g/mol. The average molecular weight is 609 g/mol. The van der Waals surface area contributed by atoms with Crippen molar-refractivity contribution in [1.29, 1.82) is 0 Å². The van der Waals surface area contributed by atoms with Crippen LogP contribution in [0.2, 0.25) is 0 Å². The van der Waals surface area contributed by atoms with E-state index >= 15 is 0 Å². The minimum atomic E-state index is -1.22. The molecule has 4 aromatic rings. The Morgan fingerprint density at radius 1 is 1.07 bits per heavy atom. The Kier molecular flexibility index (Phi) is 9.31. The molecule has 0 saturated carbocycles. The van der Waals surface area contributed by atoms with Gasteiger partial charge in [-0.05, 0) is 25.8 Å². The van der Waals surface area contributed by atoms with E-state index in [-0.39, 0.29) is 23.0 Å². The van der Waals surface area contributed by atoms with Crippen LogP contribution in [-0.4, -0.2) is 50.7 Å². The number of ketones is 1. The smallest absolute Gasteiger partial charge is 0.411 e. The molecule has 14 heteroatoms. The minimum absolute atomic E-state index is 0.0763. The quantitative estimate of drug-likeness (QED) is 0.253. The van der Waals surface area contributed by atoms with E-state index in [0.29, 0.717) is 5.56 Å². The molecule has 230 valence electrons. The summed E-state index contributed by atoms with van der Waals surface area (Å²) in [5.74, 6) is -3.84. The fourth-order valence-corrected chi connectivity index (χ4v) is 4.42. The highest BCUT2D eigenvalue weighted by Gasteiger charge is 2.35. The van der Waals surface area contributed by atoms with Crippen molar-refractivity contribution < 1.29 is 32.3 Å². The summed E-state index contributed by atoms with van der Waals surface area (Å²) in [5, 5.41) is 12.6. The zero-order valence-corrected chi connectivity index (χ0v) is 24.6. The van der Waals surface area contributed by atoms with Gasteiger partial charge in [-0.2, -0.15) is 0 Å². The van der Waals surface area contributed by atoms with E-state index in [2.05, 4.69) is 30.6 Å². The zero-order chi connectivity index (χ0) is 32.2. The number of carbonyl (C=O) groups excluding carboxylic acids is 3. The summed E-state index contributed by atoms with van der Waals surface area (Å²) in [6.45, 7) is 5.96. The van der Waals surface area contributed by atoms with Gasteiger partial charge >= 0.3 is 6.09 Å². The summed E-state index contributed by atoms with van der Waals surface area (Å²) in [7, 11) is 1.13. The number of hydrogen-bond acceptors (Lipinski definition) is 9. The molecule has 0 fully saturated rings. The van der Waals surface area contributed by atoms with Crippen LogP contribution in [0.15, 0.2) is 63.9 Å². The molecule has 44 heavy (non-hydrogen) atoms. The molecular formula is C30H30F2N6O6. The number of hydrogen-bond donors (Lipinski definition) is 2. The molecule has 0 aliphatic heterocycles. The van der Waals surface area contributed by atoms with Crippen LogP contribution in [0, 0.1) is 17.6 Å². The van der Waals surface area contributed by atoms with E-state index < -0.39 is 64.8 Å². The number of aromatic nitrogens is 4. The van der Waals surface area contributed by atoms with Crippen LogP contribution in [0.25, 0.3) is 11.4 Å². The van der Waals surface area contributed by atoms with Crippen molar-refractivity contribution in [2.24, 2.45) is 5.92 Å². The van der Waals surface area contributed by atoms with E-state index in [1.165, 1.54) is 6.07 Å². The Hall–Kier alpha value is -5.27. The standard InChI is InChI=1S/C30H30F2N6O6/c1-16(2)23(24(40)26-36-37-28(44-26)30(3,4)19-12-11-18(31)13-20(19)32)35-22(39)15-38-25(17-9-7-6-8-10-17)33-14-21(27(38)41)34-29(42)43-5/h6-14,16,23H,15H2,1-5H3,(H,34,42)(H,35,39). The number of amides is 2. The molecule has 2 amide bonds. The van der Waals surface area contributed by atoms with Crippen LogP contribution >= 0.6 is 0 Å². The molecule has 0 spiro atoms. The maximum absolute atomic E-state index is 14.5. The van der Waals surface area contributed by atoms with E-state index in [9.17, 15) is 28.0 Å². The van der Waals surface area contributed by atoms with E-state index in [0.717, 1.165) is 30.0 Å². The van der Waals surface area contributed by atoms with Crippen LogP contribution < -0.4 is 16.2 Å². The normalized spacial score (nSPS) is 12.1. The molecular weight excluding hydrogens is 578 g/mol. The lowest BCUT2D eigenvalue weighted by Crippen LogP contribution is -2.46. The summed E-state index contributed by atoms with van der Waals surface area (Å²) >= 11 is 0. The second-order valence-corrected chi connectivity index (χ2v) is 10.7. The zero-order valence-electron chi connectivity index (χ0n) is 24.6. The lowest BCUT2D eigenvalue weighted by atomic mass is 9.84. The third-order valence-corrected chi connectivity index (χ3v) is 6.84. The number of anilines is 1. The predicted molar refractivity (Wildman–Crippen MR) is 154 cm³/mol. The van der Waals surface area contributed by atoms with Crippen LogP contribution in [0.1, 0.15) is 49.8 Å². The summed E-state index contributed by atoms with van der Waals surface area (Å²) in [6, 6.07) is 10.5. The first-order chi connectivity index (χ1) is 20.8. The predicted octanol–water partition coefficient (Wildman–Crippen LogP) is 4.10. The third kappa shape index (κ3) is 6.69. The Labute approximate surface area is 250 Å². The summed E-state index contributed by atoms with van der Waals surface area (Å²) in [4.78, 5) is 56.1. The Bertz CT molecular complexity index is 1750. The second kappa shape index (κ2) is 12.9. The molecule has 0 bridgehead atoms. The van der Waals surface area contributed by atoms with Gasteiger partial charge in [0.2, 0.25) is 17.6 Å². The van der Waals surface area contributed by atoms with Crippen LogP contribution in [0.3, 0.4) is 0 Å². The fourth-order valence-electron chi connectivity index (χ4n) is 4.42. The highest BCUT2D eigenvalue weighted by molar-refractivity contribution is 5.98. The summed E-state index contributed by atoms with van der Waals surface area (Å²) in [6.07, 6.45) is 0.255. The highest BCUT2D eigenvalue weighted by Crippen LogP contribution is 2.33. The van der Waals surface area contributed by atoms with Crippen LogP contribution in [-0.2, 0) is 21.5 Å². The lowest BCUT2D eigenvalue weighted by Gasteiger charge is -2.22. The maximum atomic E-state index is 14.5. The average Bonchev–Trinajstić information content (AvgIpc) is 3.49. The van der Waals surface area contributed by atoms with Gasteiger partial charge in [-0.3, -0.25) is 24.3 Å². The maximum Gasteiger partial charge on any atom is 0.411 e. The number of nitrogens with one attached hydrogen (secondary N) is 2. The van der Waals surface area contributed by atoms with Crippen LogP contribution in [0.5, 0.6) is 0 Å². The van der Waals surface area contributed by atoms with Crippen molar-refractivity contribution in [3.05, 3.63) is 94.1 Å². The molecule has 2 aromatic heterocycles. The first-order valence-corrected chi connectivity index (χ1v) is 13.5. The van der Waals surface area contributed by atoms with Gasteiger partial charge in [-0.1, -0.05) is 50.2 Å². The summed E-state index contributed by atoms with van der Waals surface area (Å²) in [5.41, 5.74) is -1.57. The fraction of sp³-hybridized carbons (Fsp3) is 0.300. The largest absolute Gasteiger partial charge is 0.453 e. The molecule has 1 unspecified atom stereocenters. The number of halogens is 2. The number of ether oxygens (including phenoxy) is 1. The van der Waals surface area contributed by atoms with Crippen molar-refractivity contribution in [2.75, 3.05) is 12.4 Å². The molecule has 1 atom stereocenters. The number of rotatable bonds is 10. The van der Waals surface area contributed by atoms with E-state index in [1.54, 1.807) is 58.0 Å². The van der Waals surface area contributed by atoms with Gasteiger partial charge in [-0.15, -0.1) is 10.2 Å². The first kappa shape index (κ1) is 31.7. The molecule has 2 aromatic carbocycles. The second-order valence-electron chi connectivity index (χ2n) is 10.7. The number of benzene rings is 2. The van der Waals surface area contributed by atoms with Gasteiger partial charge in [0, 0.05) is 17.2 Å². The van der Waals surface area contributed by atoms with E-state index in [1.807, 2.05) is 0 Å². The molecule has 0 aliphatic rings. The lowest BCUT2D eigenvalue weighted by molar-refractivity contribution is -0.122. The van der Waals surface area contributed by atoms with Crippen molar-refractivity contribution in [3.63, 3.8) is 0 Å². The van der Waals surface area contributed by atoms with E-state index in [4.69, 9.17) is 4.42 Å². The van der Waals surface area contributed by atoms with Crippen molar-refractivity contribution >= 4 is 23.5 Å². The van der Waals surface area contributed by atoms with Gasteiger partial charge in [-0.25, -0.2) is 18.6 Å². The van der Waals surface area contributed by atoms with Gasteiger partial charge in [0.1, 0.15) is 29.7 Å². The third-order valence-electron chi connectivity index (χ3n) is 6.84. The molecule has 0 radical (unpaired) electrons. The molecule has 0 saturated heterocycles. The number of carbonyl (C=O) groups is 3. The molecule has 12 nitrogen and oxygen atoms in total. The Balaban J connectivity index is 1.60. The topological polar surface area (TPSA) is 158 Å². The number of nitrogens with zero attached hydrogens (tertiary/aromatic N) is 4. The van der Waals surface area contributed by atoms with Gasteiger partial charge in [0.25, 0.3) is 11.4 Å². The van der Waals surface area contributed by atoms with Gasteiger partial charge < -0.3 is 14.5 Å². The Morgan fingerprint density at radius 3 is 2.41 bits per heavy atom. The Morgan fingerprint density at radius 2 is 1.77 bits per heavy atom. The number of Topliss-reactive ketones (excluding diaryl/α,β-unsaturated/α-hetero) is 1. The SMILES string of the molecule is COC(=O)Nc1cnc(-c2ccccc2)n(CC(=O)NC(C(=O)c2nnc(C(C)(C)c3ccc(F)cc3F)o2)C(C)C)c1=O. The van der Waals surface area contributed by atoms with Crippen molar-refractivity contribution in [3.8, 4) is 11.4 Å².